The molecule has 0 bridgehead atoms. The second-order valence-corrected chi connectivity index (χ2v) is 18.8. The van der Waals surface area contributed by atoms with Crippen molar-refractivity contribution in [2.75, 3.05) is 6.16 Å². The Morgan fingerprint density at radius 3 is 1.76 bits per heavy atom. The molecular weight excluding hydrogens is 561 g/mol. The molecule has 6 heteroatoms. The van der Waals surface area contributed by atoms with Crippen LogP contribution in [0.3, 0.4) is 0 Å². The molecule has 0 radical (unpaired) electrons. The van der Waals surface area contributed by atoms with E-state index < -0.39 is 5.31 Å². The molecule has 0 saturated heterocycles. The van der Waals surface area contributed by atoms with Crippen molar-refractivity contribution >= 4 is 54.0 Å². The average Bonchev–Trinajstić information content (AvgIpc) is 3.43. The van der Waals surface area contributed by atoms with Crippen molar-refractivity contribution in [2.24, 2.45) is 0 Å². The van der Waals surface area contributed by atoms with E-state index in [0.29, 0.717) is 0 Å². The molecule has 0 N–H and O–H groups in total. The molecule has 0 saturated carbocycles. The van der Waals surface area contributed by atoms with Gasteiger partial charge in [0.1, 0.15) is 0 Å². The van der Waals surface area contributed by atoms with Crippen LogP contribution in [0.2, 0.25) is 0 Å². The number of thiazole rings is 1. The van der Waals surface area contributed by atoms with Crippen molar-refractivity contribution in [3.63, 3.8) is 0 Å². The van der Waals surface area contributed by atoms with E-state index in [-0.39, 0.29) is 18.7 Å². The van der Waals surface area contributed by atoms with Crippen LogP contribution in [0.25, 0.3) is 10.6 Å². The van der Waals surface area contributed by atoms with Gasteiger partial charge in [0.15, 0.2) is 0 Å². The van der Waals surface area contributed by atoms with Crippen LogP contribution >= 0.6 is 32.1 Å². The van der Waals surface area contributed by atoms with Gasteiger partial charge in [-0.25, -0.2) is 0 Å². The predicted molar refractivity (Wildman–Crippen MR) is 161 cm³/mol. The second-order valence-electron chi connectivity index (χ2n) is 9.02. The third-order valence-electron chi connectivity index (χ3n) is 6.54. The maximum atomic E-state index is 13.6. The Hall–Kier alpha value is -3.11. The number of hydrogen-bond acceptors (Lipinski definition) is 4. The third-order valence-corrected chi connectivity index (χ3v) is 16.9. The van der Waals surface area contributed by atoms with Gasteiger partial charge in [0.25, 0.3) is 0 Å². The van der Waals surface area contributed by atoms with E-state index in [1.807, 2.05) is 60.0 Å². The van der Waals surface area contributed by atoms with Gasteiger partial charge < -0.3 is 0 Å². The summed E-state index contributed by atoms with van der Waals surface area (Å²) in [4.78, 5) is 18.3. The minimum absolute atomic E-state index is 0.138. The molecule has 3 nitrogen and oxygen atoms in total. The zero-order valence-corrected chi connectivity index (χ0v) is 23.8. The van der Waals surface area contributed by atoms with Gasteiger partial charge in [0.05, 0.1) is 0 Å². The van der Waals surface area contributed by atoms with Crippen LogP contribution in [0.1, 0.15) is 11.3 Å². The van der Waals surface area contributed by atoms with Crippen LogP contribution in [-0.2, 0) is 16.1 Å². The minimum atomic E-state index is -3.38. The summed E-state index contributed by atoms with van der Waals surface area (Å²) >= 11 is 5.86. The molecule has 1 aromatic heterocycles. The van der Waals surface area contributed by atoms with Gasteiger partial charge in [-0.15, -0.1) is 0 Å². The molecule has 0 unspecified atom stereocenters. The standard InChI is InChI=1S/C31H27BrNO2PS/c1-24-17-19-25(20-18-24)31-33-26(23-37-31)21-35-30(34)22-36(32,27-11-5-2-6-12-27,28-13-7-3-8-14-28)29-15-9-4-10-16-29/h2-20,23H,21-22H2,1H3. The van der Waals surface area contributed by atoms with E-state index in [0.717, 1.165) is 32.2 Å². The number of hydrogen-bond donors (Lipinski definition) is 0. The van der Waals surface area contributed by atoms with Crippen LogP contribution in [0, 0.1) is 6.92 Å². The number of carbonyl (C=O) groups is 1. The first-order valence-electron chi connectivity index (χ1n) is 12.0. The maximum absolute atomic E-state index is 13.6. The molecule has 0 atom stereocenters. The van der Waals surface area contributed by atoms with E-state index in [4.69, 9.17) is 9.72 Å². The molecule has 5 aromatic rings. The zero-order chi connectivity index (χ0) is 25.7. The number of carbonyl (C=O) groups excluding carboxylic acids is 1. The molecule has 0 amide bonds. The summed E-state index contributed by atoms with van der Waals surface area (Å²) in [5.41, 5.74) is 3.03. The van der Waals surface area contributed by atoms with Crippen molar-refractivity contribution in [2.45, 2.75) is 13.5 Å². The van der Waals surface area contributed by atoms with Crippen LogP contribution in [0.4, 0.5) is 0 Å². The topological polar surface area (TPSA) is 39.2 Å². The molecule has 0 spiro atoms. The Morgan fingerprint density at radius 2 is 1.27 bits per heavy atom. The number of nitrogens with zero attached hydrogens (tertiary/aromatic N) is 1. The Morgan fingerprint density at radius 1 is 0.784 bits per heavy atom. The average molecular weight is 589 g/mol. The first kappa shape index (κ1) is 25.5. The van der Waals surface area contributed by atoms with Gasteiger partial charge in [0, 0.05) is 0 Å². The molecule has 1 heterocycles. The van der Waals surface area contributed by atoms with Gasteiger partial charge in [-0.2, -0.15) is 0 Å². The third kappa shape index (κ3) is 5.04. The molecule has 37 heavy (non-hydrogen) atoms. The van der Waals surface area contributed by atoms with Crippen LogP contribution < -0.4 is 15.9 Å². The Labute approximate surface area is 229 Å². The summed E-state index contributed by atoms with van der Waals surface area (Å²) in [7, 11) is 0. The number of aryl methyl sites for hydroxylation is 1. The SMILES string of the molecule is Cc1ccc(-c2nc(COC(=O)CP(Br)(c3ccccc3)(c3ccccc3)c3ccccc3)cs2)cc1. The quantitative estimate of drug-likeness (QED) is 0.145. The summed E-state index contributed by atoms with van der Waals surface area (Å²) in [6.07, 6.45) is 0.193. The number of aromatic nitrogens is 1. The van der Waals surface area contributed by atoms with Crippen LogP contribution in [0.5, 0.6) is 0 Å². The number of ether oxygens (including phenoxy) is 1. The fourth-order valence-corrected chi connectivity index (χ4v) is 12.5. The van der Waals surface area contributed by atoms with E-state index >= 15 is 0 Å². The van der Waals surface area contributed by atoms with Crippen molar-refractivity contribution in [1.82, 2.24) is 4.98 Å². The van der Waals surface area contributed by atoms with Gasteiger partial charge in [-0.1, -0.05) is 0 Å². The van der Waals surface area contributed by atoms with Crippen molar-refractivity contribution in [3.05, 3.63) is 132 Å². The molecule has 0 aliphatic rings. The summed E-state index contributed by atoms with van der Waals surface area (Å²) in [5.74, 6) is -0.268. The van der Waals surface area contributed by atoms with Crippen LogP contribution in [-0.4, -0.2) is 17.1 Å². The van der Waals surface area contributed by atoms with E-state index in [2.05, 4.69) is 83.1 Å². The van der Waals surface area contributed by atoms with E-state index in [1.54, 1.807) is 11.3 Å². The normalized spacial score (nSPS) is 12.4. The van der Waals surface area contributed by atoms with Crippen molar-refractivity contribution in [1.29, 1.82) is 0 Å². The summed E-state index contributed by atoms with van der Waals surface area (Å²) in [5, 5.41) is 2.75. The molecule has 0 fully saturated rings. The molecule has 0 aliphatic heterocycles. The van der Waals surface area contributed by atoms with E-state index in [9.17, 15) is 4.79 Å². The fraction of sp³-hybridized carbons (Fsp3) is 0.0968. The molecule has 5 rings (SSSR count). The van der Waals surface area contributed by atoms with Crippen molar-refractivity contribution < 1.29 is 9.53 Å². The van der Waals surface area contributed by atoms with E-state index in [1.165, 1.54) is 5.56 Å². The summed E-state index contributed by atoms with van der Waals surface area (Å²) in [6.45, 7) is 2.20. The molecule has 0 aliphatic carbocycles. The zero-order valence-electron chi connectivity index (χ0n) is 20.5. The number of halogens is 1. The van der Waals surface area contributed by atoms with Gasteiger partial charge in [-0.05, 0) is 0 Å². The van der Waals surface area contributed by atoms with Crippen molar-refractivity contribution in [3.8, 4) is 10.6 Å². The van der Waals surface area contributed by atoms with Gasteiger partial charge in [0.2, 0.25) is 0 Å². The summed E-state index contributed by atoms with van der Waals surface area (Å²) in [6, 6.07) is 39.1. The second kappa shape index (κ2) is 10.7. The van der Waals surface area contributed by atoms with Gasteiger partial charge >= 0.3 is 231 Å². The Bertz CT molecular complexity index is 1390. The number of rotatable bonds is 8. The predicted octanol–water partition coefficient (Wildman–Crippen LogP) is 7.00. The first-order chi connectivity index (χ1) is 18.0. The Balaban J connectivity index is 1.47. The molecule has 4 aromatic carbocycles. The van der Waals surface area contributed by atoms with Gasteiger partial charge in [-0.3, -0.25) is 0 Å². The number of benzene rings is 4. The monoisotopic (exact) mass is 587 g/mol. The molecule has 186 valence electrons. The van der Waals surface area contributed by atoms with Crippen LogP contribution in [0.15, 0.2) is 121 Å². The molecular formula is C31H27BrNO2PS. The fourth-order valence-electron chi connectivity index (χ4n) is 4.58. The first-order valence-corrected chi connectivity index (χ1v) is 17.4. The summed E-state index contributed by atoms with van der Waals surface area (Å²) < 4.78 is 5.89. The number of esters is 1. The Kier molecular flexibility index (Phi) is 7.39.